The van der Waals surface area contributed by atoms with E-state index in [9.17, 15) is 18.3 Å². The molecule has 0 bridgehead atoms. The van der Waals surface area contributed by atoms with Crippen LogP contribution in [-0.2, 0) is 10.0 Å². The van der Waals surface area contributed by atoms with Crippen LogP contribution in [0.25, 0.3) is 10.9 Å². The maximum absolute atomic E-state index is 13.5. The number of hydrogen-bond acceptors (Lipinski definition) is 5. The highest BCUT2D eigenvalue weighted by molar-refractivity contribution is 7.92. The highest BCUT2D eigenvalue weighted by atomic mass is 32.2. The molecule has 8 heteroatoms. The zero-order chi connectivity index (χ0) is 24.5. The third-order valence-corrected chi connectivity index (χ3v) is 7.70. The van der Waals surface area contributed by atoms with Gasteiger partial charge in [0.15, 0.2) is 0 Å². The minimum absolute atomic E-state index is 0.00966. The average Bonchev–Trinajstić information content (AvgIpc) is 2.87. The summed E-state index contributed by atoms with van der Waals surface area (Å²) < 4.78 is 33.1. The number of aromatic carboxylic acids is 1. The Morgan fingerprint density at radius 3 is 2.29 bits per heavy atom. The lowest BCUT2D eigenvalue weighted by Crippen LogP contribution is -2.28. The van der Waals surface area contributed by atoms with Crippen molar-refractivity contribution in [1.82, 2.24) is 4.98 Å². The fourth-order valence-electron chi connectivity index (χ4n) is 3.92. The van der Waals surface area contributed by atoms with E-state index in [1.807, 2.05) is 49.4 Å². The predicted octanol–water partition coefficient (Wildman–Crippen LogP) is 4.92. The van der Waals surface area contributed by atoms with Crippen molar-refractivity contribution in [2.45, 2.75) is 17.7 Å². The number of pyridine rings is 1. The highest BCUT2D eigenvalue weighted by Crippen LogP contribution is 2.35. The second-order valence-electron chi connectivity index (χ2n) is 7.88. The van der Waals surface area contributed by atoms with Crippen LogP contribution in [0.1, 0.15) is 34.3 Å². The van der Waals surface area contributed by atoms with Crippen LogP contribution in [0.2, 0.25) is 0 Å². The first-order valence-corrected chi connectivity index (χ1v) is 12.0. The van der Waals surface area contributed by atoms with E-state index in [2.05, 4.69) is 4.98 Å². The molecule has 1 unspecified atom stereocenters. The molecule has 34 heavy (non-hydrogen) atoms. The highest BCUT2D eigenvalue weighted by Gasteiger charge is 2.28. The van der Waals surface area contributed by atoms with E-state index in [1.54, 1.807) is 18.2 Å². The summed E-state index contributed by atoms with van der Waals surface area (Å²) in [7, 11) is -1.22. The molecule has 174 valence electrons. The van der Waals surface area contributed by atoms with Crippen LogP contribution in [0, 0.1) is 0 Å². The van der Waals surface area contributed by atoms with Crippen molar-refractivity contribution in [2.75, 3.05) is 18.5 Å². The van der Waals surface area contributed by atoms with Gasteiger partial charge in [0.1, 0.15) is 11.3 Å². The van der Waals surface area contributed by atoms with E-state index in [4.69, 9.17) is 4.74 Å². The van der Waals surface area contributed by atoms with E-state index in [0.717, 1.165) is 15.4 Å². The summed E-state index contributed by atoms with van der Waals surface area (Å²) in [6, 6.07) is 21.4. The normalized spacial score (nSPS) is 12.3. The zero-order valence-corrected chi connectivity index (χ0v) is 19.8. The third-order valence-electron chi connectivity index (χ3n) is 5.93. The molecular weight excluding hydrogens is 452 g/mol. The van der Waals surface area contributed by atoms with E-state index in [1.165, 1.54) is 32.5 Å². The zero-order valence-electron chi connectivity index (χ0n) is 19.0. The van der Waals surface area contributed by atoms with Crippen molar-refractivity contribution in [3.8, 4) is 5.75 Å². The van der Waals surface area contributed by atoms with Gasteiger partial charge in [-0.05, 0) is 47.5 Å². The van der Waals surface area contributed by atoms with Crippen molar-refractivity contribution >= 4 is 32.6 Å². The molecule has 0 aliphatic carbocycles. The Bertz CT molecular complexity index is 1450. The molecule has 0 aliphatic heterocycles. The van der Waals surface area contributed by atoms with Crippen LogP contribution in [0.15, 0.2) is 83.9 Å². The molecular formula is C26H24N2O5S. The fourth-order valence-corrected chi connectivity index (χ4v) is 5.15. The van der Waals surface area contributed by atoms with Crippen LogP contribution >= 0.6 is 0 Å². The third kappa shape index (κ3) is 4.20. The smallest absolute Gasteiger partial charge is 0.339 e. The number of benzene rings is 3. The SMILES string of the molecule is COc1ccc(S(=O)(=O)N(C)c2c(C(=O)O)cnc3ccc(C(C)c4ccccc4)cc23)cc1. The standard InChI is InChI=1S/C26H24N2O5S/c1-17(18-7-5-4-6-8-18)19-9-14-24-22(15-19)25(23(16-27-24)26(29)30)28(2)34(31,32)21-12-10-20(33-3)11-13-21/h4-17H,1-3H3,(H,29,30). The van der Waals surface area contributed by atoms with E-state index in [0.29, 0.717) is 16.7 Å². The first kappa shape index (κ1) is 23.3. The monoisotopic (exact) mass is 476 g/mol. The van der Waals surface area contributed by atoms with E-state index < -0.39 is 16.0 Å². The van der Waals surface area contributed by atoms with Gasteiger partial charge in [-0.15, -0.1) is 0 Å². The molecule has 3 aromatic carbocycles. The summed E-state index contributed by atoms with van der Waals surface area (Å²) >= 11 is 0. The molecule has 0 saturated carbocycles. The van der Waals surface area contributed by atoms with Gasteiger partial charge in [-0.25, -0.2) is 13.2 Å². The summed E-state index contributed by atoms with van der Waals surface area (Å²) in [6.45, 7) is 2.04. The van der Waals surface area contributed by atoms with E-state index in [-0.39, 0.29) is 22.1 Å². The van der Waals surface area contributed by atoms with Gasteiger partial charge in [-0.2, -0.15) is 0 Å². The molecule has 1 heterocycles. The van der Waals surface area contributed by atoms with Crippen LogP contribution in [0.4, 0.5) is 5.69 Å². The van der Waals surface area contributed by atoms with Crippen LogP contribution in [0.3, 0.4) is 0 Å². The Hall–Kier alpha value is -3.91. The summed E-state index contributed by atoms with van der Waals surface area (Å²) in [5.74, 6) is -0.736. The lowest BCUT2D eigenvalue weighted by molar-refractivity contribution is 0.0697. The molecule has 1 N–H and O–H groups in total. The largest absolute Gasteiger partial charge is 0.497 e. The van der Waals surface area contributed by atoms with E-state index >= 15 is 0 Å². The van der Waals surface area contributed by atoms with Crippen molar-refractivity contribution in [3.63, 3.8) is 0 Å². The number of carboxylic acid groups (broad SMARTS) is 1. The molecule has 4 aromatic rings. The summed E-state index contributed by atoms with van der Waals surface area (Å²) in [4.78, 5) is 16.4. The van der Waals surface area contributed by atoms with Gasteiger partial charge in [0.25, 0.3) is 10.0 Å². The Morgan fingerprint density at radius 2 is 1.68 bits per heavy atom. The number of hydrogen-bond donors (Lipinski definition) is 1. The fraction of sp³-hybridized carbons (Fsp3) is 0.154. The number of anilines is 1. The van der Waals surface area contributed by atoms with Gasteiger partial charge in [0.2, 0.25) is 0 Å². The molecule has 1 atom stereocenters. The number of sulfonamides is 1. The molecule has 0 aliphatic rings. The van der Waals surface area contributed by atoms with Crippen molar-refractivity contribution in [1.29, 1.82) is 0 Å². The van der Waals surface area contributed by atoms with Crippen LogP contribution in [0.5, 0.6) is 5.75 Å². The van der Waals surface area contributed by atoms with Crippen molar-refractivity contribution in [2.24, 2.45) is 0 Å². The number of carboxylic acids is 1. The average molecular weight is 477 g/mol. The lowest BCUT2D eigenvalue weighted by atomic mass is 9.92. The molecule has 1 aromatic heterocycles. The Balaban J connectivity index is 1.90. The number of carbonyl (C=O) groups is 1. The van der Waals surface area contributed by atoms with Gasteiger partial charge >= 0.3 is 5.97 Å². The van der Waals surface area contributed by atoms with Gasteiger partial charge < -0.3 is 9.84 Å². The van der Waals surface area contributed by atoms with Gasteiger partial charge in [-0.1, -0.05) is 43.3 Å². The molecule has 4 rings (SSSR count). The quantitative estimate of drug-likeness (QED) is 0.407. The second kappa shape index (κ2) is 9.15. The number of fused-ring (bicyclic) bond motifs is 1. The number of nitrogens with zero attached hydrogens (tertiary/aromatic N) is 2. The topological polar surface area (TPSA) is 96.8 Å². The predicted molar refractivity (Wildman–Crippen MR) is 131 cm³/mol. The minimum atomic E-state index is -4.06. The number of rotatable bonds is 7. The Kier molecular flexibility index (Phi) is 6.26. The number of ether oxygens (including phenoxy) is 1. The van der Waals surface area contributed by atoms with Gasteiger partial charge in [0, 0.05) is 24.5 Å². The van der Waals surface area contributed by atoms with Crippen LogP contribution in [-0.4, -0.2) is 38.6 Å². The lowest BCUT2D eigenvalue weighted by Gasteiger charge is -2.23. The second-order valence-corrected chi connectivity index (χ2v) is 9.85. The summed E-state index contributed by atoms with van der Waals surface area (Å²) in [5, 5.41) is 10.3. The molecule has 7 nitrogen and oxygen atoms in total. The van der Waals surface area contributed by atoms with Crippen LogP contribution < -0.4 is 9.04 Å². The Morgan fingerprint density at radius 1 is 1.00 bits per heavy atom. The summed E-state index contributed by atoms with van der Waals surface area (Å²) in [6.07, 6.45) is 1.19. The number of aromatic nitrogens is 1. The first-order chi connectivity index (χ1) is 16.2. The first-order valence-electron chi connectivity index (χ1n) is 10.6. The maximum Gasteiger partial charge on any atom is 0.339 e. The van der Waals surface area contributed by atoms with Crippen molar-refractivity contribution < 1.29 is 23.1 Å². The minimum Gasteiger partial charge on any atom is -0.497 e. The summed E-state index contributed by atoms with van der Waals surface area (Å²) in [5.41, 5.74) is 2.37. The van der Waals surface area contributed by atoms with Gasteiger partial charge in [-0.3, -0.25) is 9.29 Å². The molecule has 0 saturated heterocycles. The van der Waals surface area contributed by atoms with Crippen molar-refractivity contribution in [3.05, 3.63) is 95.7 Å². The molecule has 0 fully saturated rings. The molecule has 0 spiro atoms. The number of methoxy groups -OCH3 is 1. The maximum atomic E-state index is 13.5. The van der Waals surface area contributed by atoms with Gasteiger partial charge in [0.05, 0.1) is 23.2 Å². The molecule has 0 radical (unpaired) electrons. The molecule has 0 amide bonds. The Labute approximate surface area is 198 Å².